The zero-order valence-corrected chi connectivity index (χ0v) is 12.4. The van der Waals surface area contributed by atoms with E-state index in [4.69, 9.17) is 5.73 Å². The summed E-state index contributed by atoms with van der Waals surface area (Å²) in [4.78, 5) is 13.1. The van der Waals surface area contributed by atoms with E-state index in [0.717, 1.165) is 6.42 Å². The SMILES string of the molecule is Nc1cc(C(=O)NCCc2cccs2)c(Br)cc1F. The fourth-order valence-electron chi connectivity index (χ4n) is 1.59. The number of anilines is 1. The van der Waals surface area contributed by atoms with E-state index in [1.165, 1.54) is 17.0 Å². The number of amides is 1. The summed E-state index contributed by atoms with van der Waals surface area (Å²) in [5.74, 6) is -0.808. The third-order valence-corrected chi connectivity index (χ3v) is 4.16. The average Bonchev–Trinajstić information content (AvgIpc) is 2.86. The molecule has 3 nitrogen and oxygen atoms in total. The summed E-state index contributed by atoms with van der Waals surface area (Å²) in [5.41, 5.74) is 5.76. The number of hydrogen-bond acceptors (Lipinski definition) is 3. The highest BCUT2D eigenvalue weighted by molar-refractivity contribution is 9.10. The van der Waals surface area contributed by atoms with Gasteiger partial charge in [-0.3, -0.25) is 4.79 Å². The monoisotopic (exact) mass is 342 g/mol. The Hall–Kier alpha value is -1.40. The first-order valence-electron chi connectivity index (χ1n) is 5.63. The molecule has 100 valence electrons. The van der Waals surface area contributed by atoms with Crippen molar-refractivity contribution >= 4 is 38.9 Å². The molecular weight excluding hydrogens is 331 g/mol. The highest BCUT2D eigenvalue weighted by Gasteiger charge is 2.12. The lowest BCUT2D eigenvalue weighted by atomic mass is 10.2. The number of hydrogen-bond donors (Lipinski definition) is 2. The molecule has 0 aliphatic carbocycles. The third kappa shape index (κ3) is 3.54. The molecule has 0 aliphatic heterocycles. The lowest BCUT2D eigenvalue weighted by molar-refractivity contribution is 0.0953. The molecule has 0 spiro atoms. The molecule has 2 rings (SSSR count). The van der Waals surface area contributed by atoms with Gasteiger partial charge in [-0.05, 0) is 45.9 Å². The average molecular weight is 343 g/mol. The van der Waals surface area contributed by atoms with Gasteiger partial charge in [-0.1, -0.05) is 6.07 Å². The second-order valence-electron chi connectivity index (χ2n) is 3.94. The van der Waals surface area contributed by atoms with Crippen molar-refractivity contribution in [3.63, 3.8) is 0 Å². The first-order valence-corrected chi connectivity index (χ1v) is 7.30. The van der Waals surface area contributed by atoms with Crippen LogP contribution in [0.2, 0.25) is 0 Å². The molecule has 0 saturated carbocycles. The van der Waals surface area contributed by atoms with Crippen LogP contribution in [0.3, 0.4) is 0 Å². The minimum atomic E-state index is -0.540. The molecule has 2 aromatic rings. The number of nitrogens with two attached hydrogens (primary N) is 1. The number of rotatable bonds is 4. The van der Waals surface area contributed by atoms with Crippen LogP contribution in [-0.4, -0.2) is 12.5 Å². The number of thiophene rings is 1. The number of halogens is 2. The van der Waals surface area contributed by atoms with E-state index in [-0.39, 0.29) is 11.6 Å². The van der Waals surface area contributed by atoms with Crippen LogP contribution in [0.15, 0.2) is 34.1 Å². The Labute approximate surface area is 122 Å². The Kier molecular flexibility index (Phi) is 4.55. The number of nitrogen functional groups attached to an aromatic ring is 1. The smallest absolute Gasteiger partial charge is 0.252 e. The molecule has 1 aromatic heterocycles. The molecule has 0 atom stereocenters. The van der Waals surface area contributed by atoms with Gasteiger partial charge in [0.1, 0.15) is 5.82 Å². The van der Waals surface area contributed by atoms with Crippen molar-refractivity contribution < 1.29 is 9.18 Å². The Balaban J connectivity index is 1.98. The van der Waals surface area contributed by atoms with Crippen LogP contribution in [0.1, 0.15) is 15.2 Å². The van der Waals surface area contributed by atoms with Gasteiger partial charge >= 0.3 is 0 Å². The minimum absolute atomic E-state index is 0.0355. The Morgan fingerprint density at radius 1 is 1.47 bits per heavy atom. The highest BCUT2D eigenvalue weighted by Crippen LogP contribution is 2.22. The molecule has 6 heteroatoms. The van der Waals surface area contributed by atoms with E-state index < -0.39 is 5.82 Å². The van der Waals surface area contributed by atoms with E-state index >= 15 is 0 Å². The molecule has 0 saturated heterocycles. The zero-order valence-electron chi connectivity index (χ0n) is 9.95. The van der Waals surface area contributed by atoms with Crippen LogP contribution in [0.4, 0.5) is 10.1 Å². The Morgan fingerprint density at radius 2 is 2.26 bits per heavy atom. The number of nitrogens with one attached hydrogen (secondary N) is 1. The first kappa shape index (κ1) is 14.0. The summed E-state index contributed by atoms with van der Waals surface area (Å²) in [7, 11) is 0. The van der Waals surface area contributed by atoms with Crippen LogP contribution in [0, 0.1) is 5.82 Å². The quantitative estimate of drug-likeness (QED) is 0.838. The lowest BCUT2D eigenvalue weighted by Gasteiger charge is -2.08. The lowest BCUT2D eigenvalue weighted by Crippen LogP contribution is -2.26. The second kappa shape index (κ2) is 6.16. The molecule has 0 aliphatic rings. The van der Waals surface area contributed by atoms with Crippen LogP contribution in [-0.2, 0) is 6.42 Å². The fourth-order valence-corrected chi connectivity index (χ4v) is 2.79. The Bertz CT molecular complexity index is 587. The number of carbonyl (C=O) groups is 1. The third-order valence-electron chi connectivity index (χ3n) is 2.57. The summed E-state index contributed by atoms with van der Waals surface area (Å²) in [6.45, 7) is 0.531. The molecule has 3 N–H and O–H groups in total. The molecule has 1 amide bonds. The van der Waals surface area contributed by atoms with E-state index in [1.54, 1.807) is 11.3 Å². The molecule has 0 radical (unpaired) electrons. The van der Waals surface area contributed by atoms with Gasteiger partial charge in [-0.25, -0.2) is 4.39 Å². The summed E-state index contributed by atoms with van der Waals surface area (Å²) in [6.07, 6.45) is 0.775. The van der Waals surface area contributed by atoms with Crippen molar-refractivity contribution in [3.8, 4) is 0 Å². The second-order valence-corrected chi connectivity index (χ2v) is 5.83. The minimum Gasteiger partial charge on any atom is -0.396 e. The van der Waals surface area contributed by atoms with E-state index in [2.05, 4.69) is 21.2 Å². The number of benzene rings is 1. The van der Waals surface area contributed by atoms with E-state index in [0.29, 0.717) is 16.6 Å². The first-order chi connectivity index (χ1) is 9.08. The standard InChI is InChI=1S/C13H12BrFN2OS/c14-10-7-11(15)12(16)6-9(10)13(18)17-4-3-8-2-1-5-19-8/h1-2,5-7H,3-4,16H2,(H,17,18). The molecule has 1 heterocycles. The maximum Gasteiger partial charge on any atom is 0.252 e. The topological polar surface area (TPSA) is 55.1 Å². The predicted octanol–water partition coefficient (Wildman–Crippen LogP) is 3.20. The molecule has 0 unspecified atom stereocenters. The van der Waals surface area contributed by atoms with E-state index in [1.807, 2.05) is 17.5 Å². The van der Waals surface area contributed by atoms with Crippen molar-refractivity contribution in [3.05, 3.63) is 50.4 Å². The summed E-state index contributed by atoms with van der Waals surface area (Å²) in [5, 5.41) is 4.78. The van der Waals surface area contributed by atoms with E-state index in [9.17, 15) is 9.18 Å². The van der Waals surface area contributed by atoms with Gasteiger partial charge in [-0.2, -0.15) is 0 Å². The maximum atomic E-state index is 13.2. The number of carbonyl (C=O) groups excluding carboxylic acids is 1. The maximum absolute atomic E-state index is 13.2. The summed E-state index contributed by atoms with van der Waals surface area (Å²) >= 11 is 4.81. The van der Waals surface area contributed by atoms with Gasteiger partial charge in [0, 0.05) is 15.9 Å². The molecule has 0 fully saturated rings. The molecular formula is C13H12BrFN2OS. The van der Waals surface area contributed by atoms with Crippen LogP contribution < -0.4 is 11.1 Å². The van der Waals surface area contributed by atoms with Gasteiger partial charge in [0.15, 0.2) is 0 Å². The molecule has 1 aromatic carbocycles. The highest BCUT2D eigenvalue weighted by atomic mass is 79.9. The Morgan fingerprint density at radius 3 is 2.95 bits per heavy atom. The largest absolute Gasteiger partial charge is 0.396 e. The van der Waals surface area contributed by atoms with Gasteiger partial charge in [-0.15, -0.1) is 11.3 Å². The van der Waals surface area contributed by atoms with Crippen LogP contribution in [0.5, 0.6) is 0 Å². The van der Waals surface area contributed by atoms with Crippen LogP contribution in [0.25, 0.3) is 0 Å². The fraction of sp³-hybridized carbons (Fsp3) is 0.154. The van der Waals surface area contributed by atoms with Crippen molar-refractivity contribution in [1.29, 1.82) is 0 Å². The molecule has 19 heavy (non-hydrogen) atoms. The van der Waals surface area contributed by atoms with Gasteiger partial charge < -0.3 is 11.1 Å². The normalized spacial score (nSPS) is 10.4. The van der Waals surface area contributed by atoms with Gasteiger partial charge in [0.2, 0.25) is 0 Å². The van der Waals surface area contributed by atoms with Crippen molar-refractivity contribution in [2.45, 2.75) is 6.42 Å². The summed E-state index contributed by atoms with van der Waals surface area (Å²) < 4.78 is 13.6. The van der Waals surface area contributed by atoms with Crippen LogP contribution >= 0.6 is 27.3 Å². The summed E-state index contributed by atoms with van der Waals surface area (Å²) in [6, 6.07) is 6.52. The van der Waals surface area contributed by atoms with Crippen molar-refractivity contribution in [1.82, 2.24) is 5.32 Å². The molecule has 0 bridgehead atoms. The van der Waals surface area contributed by atoms with Crippen molar-refractivity contribution in [2.75, 3.05) is 12.3 Å². The van der Waals surface area contributed by atoms with Gasteiger partial charge in [0.25, 0.3) is 5.91 Å². The zero-order chi connectivity index (χ0) is 13.8. The van der Waals surface area contributed by atoms with Gasteiger partial charge in [0.05, 0.1) is 11.3 Å². The predicted molar refractivity (Wildman–Crippen MR) is 78.9 cm³/mol. The van der Waals surface area contributed by atoms with Crippen molar-refractivity contribution in [2.24, 2.45) is 0 Å².